The lowest BCUT2D eigenvalue weighted by Crippen LogP contribution is -2.21. The molecule has 2 aromatic heterocycles. The zero-order chi connectivity index (χ0) is 39.7. The van der Waals surface area contributed by atoms with Crippen LogP contribution < -0.4 is 9.80 Å². The molecule has 12 rings (SSSR count). The average molecular weight is 806 g/mol. The summed E-state index contributed by atoms with van der Waals surface area (Å²) < 4.78 is 4.95. The van der Waals surface area contributed by atoms with Crippen molar-refractivity contribution >= 4 is 93.5 Å². The fourth-order valence-corrected chi connectivity index (χ4v) is 12.1. The second-order valence-corrected chi connectivity index (χ2v) is 18.0. The zero-order valence-corrected chi connectivity index (χ0v) is 34.6. The highest BCUT2D eigenvalue weighted by atomic mass is 32.2. The highest BCUT2D eigenvalue weighted by Crippen LogP contribution is 2.55. The lowest BCUT2D eigenvalue weighted by molar-refractivity contribution is 0.621. The van der Waals surface area contributed by atoms with Crippen molar-refractivity contribution < 1.29 is 0 Å². The van der Waals surface area contributed by atoms with Crippen LogP contribution in [0.25, 0.3) is 47.7 Å². The molecule has 2 aliphatic rings. The van der Waals surface area contributed by atoms with E-state index in [1.54, 1.807) is 0 Å². The molecular weight excluding hydrogens is 767 g/mol. The summed E-state index contributed by atoms with van der Waals surface area (Å²) in [7, 11) is 0. The highest BCUT2D eigenvalue weighted by Gasteiger charge is 2.35. The van der Waals surface area contributed by atoms with Crippen molar-refractivity contribution in [1.29, 1.82) is 0 Å². The van der Waals surface area contributed by atoms with Crippen LogP contribution in [0, 0.1) is 5.92 Å². The average Bonchev–Trinajstić information content (AvgIpc) is 3.97. The van der Waals surface area contributed by atoms with Crippen molar-refractivity contribution in [3.63, 3.8) is 0 Å². The molecule has 8 aromatic carbocycles. The monoisotopic (exact) mass is 805 g/mol. The number of para-hydroxylation sites is 4. The van der Waals surface area contributed by atoms with Gasteiger partial charge in [-0.25, -0.2) is 0 Å². The van der Waals surface area contributed by atoms with E-state index in [0.717, 1.165) is 28.4 Å². The van der Waals surface area contributed by atoms with Gasteiger partial charge in [-0.15, -0.1) is 11.3 Å². The van der Waals surface area contributed by atoms with Gasteiger partial charge in [0.15, 0.2) is 0 Å². The molecule has 1 aliphatic heterocycles. The largest absolute Gasteiger partial charge is 0.311 e. The van der Waals surface area contributed by atoms with Crippen LogP contribution in [0.15, 0.2) is 222 Å². The molecule has 0 saturated heterocycles. The number of rotatable bonds is 7. The predicted octanol–water partition coefficient (Wildman–Crippen LogP) is 16.1. The third-order valence-corrected chi connectivity index (χ3v) is 14.5. The Hall–Kier alpha value is -6.79. The van der Waals surface area contributed by atoms with Crippen molar-refractivity contribution in [2.75, 3.05) is 9.80 Å². The summed E-state index contributed by atoms with van der Waals surface area (Å²) in [6, 6.07) is 70.9. The van der Waals surface area contributed by atoms with E-state index in [9.17, 15) is 0 Å². The Balaban J connectivity index is 1.02. The van der Waals surface area contributed by atoms with Crippen molar-refractivity contribution in [1.82, 2.24) is 4.57 Å². The van der Waals surface area contributed by atoms with E-state index in [-0.39, 0.29) is 0 Å². The normalized spacial score (nSPS) is 15.9. The fraction of sp³-hybridized carbons (Fsp3) is 0.0545. The highest BCUT2D eigenvalue weighted by molar-refractivity contribution is 8.03. The second-order valence-electron chi connectivity index (χ2n) is 15.8. The predicted molar refractivity (Wildman–Crippen MR) is 257 cm³/mol. The molecule has 0 spiro atoms. The van der Waals surface area contributed by atoms with E-state index < -0.39 is 0 Å². The number of hydrogen-bond acceptors (Lipinski definition) is 4. The number of thioether (sulfide) groups is 1. The number of allylic oxidation sites excluding steroid dienone is 3. The molecule has 0 amide bonds. The summed E-state index contributed by atoms with van der Waals surface area (Å²) in [5.74, 6) is 0.722. The molecule has 2 unspecified atom stereocenters. The van der Waals surface area contributed by atoms with Crippen molar-refractivity contribution in [3.05, 3.63) is 222 Å². The number of anilines is 5. The maximum atomic E-state index is 2.50. The van der Waals surface area contributed by atoms with Crippen LogP contribution in [0.4, 0.5) is 28.4 Å². The molecule has 0 fully saturated rings. The van der Waals surface area contributed by atoms with Gasteiger partial charge in [-0.05, 0) is 120 Å². The van der Waals surface area contributed by atoms with Crippen LogP contribution in [0.5, 0.6) is 0 Å². The molecule has 3 heterocycles. The number of thiophene rings is 1. The number of fused-ring (bicyclic) bond motifs is 9. The Bertz CT molecular complexity index is 3290. The Morgan fingerprint density at radius 3 is 1.88 bits per heavy atom. The lowest BCUT2D eigenvalue weighted by atomic mass is 9.83. The first kappa shape index (κ1) is 35.2. The van der Waals surface area contributed by atoms with Gasteiger partial charge in [-0.3, -0.25) is 0 Å². The molecule has 3 nitrogen and oxygen atoms in total. The summed E-state index contributed by atoms with van der Waals surface area (Å²) in [6.45, 7) is 2.39. The first-order valence-corrected chi connectivity index (χ1v) is 22.3. The molecule has 10 aromatic rings. The van der Waals surface area contributed by atoms with Crippen LogP contribution in [0.3, 0.4) is 0 Å². The van der Waals surface area contributed by atoms with Gasteiger partial charge in [0.05, 0.1) is 11.0 Å². The fourth-order valence-electron chi connectivity index (χ4n) is 9.57. The molecule has 5 heteroatoms. The van der Waals surface area contributed by atoms with Crippen LogP contribution in [0.2, 0.25) is 0 Å². The van der Waals surface area contributed by atoms with Gasteiger partial charge in [-0.1, -0.05) is 122 Å². The summed E-state index contributed by atoms with van der Waals surface area (Å²) >= 11 is 3.81. The number of aromatic nitrogens is 1. The molecule has 2 atom stereocenters. The van der Waals surface area contributed by atoms with Crippen molar-refractivity contribution in [2.24, 2.45) is 5.92 Å². The minimum Gasteiger partial charge on any atom is -0.311 e. The molecular formula is C55H39N3S2. The summed E-state index contributed by atoms with van der Waals surface area (Å²) in [5.41, 5.74) is 12.0. The number of benzene rings is 8. The maximum absolute atomic E-state index is 2.50. The first-order chi connectivity index (χ1) is 29.7. The van der Waals surface area contributed by atoms with Gasteiger partial charge in [0.25, 0.3) is 0 Å². The zero-order valence-electron chi connectivity index (χ0n) is 32.9. The smallest absolute Gasteiger partial charge is 0.0542 e. The third kappa shape index (κ3) is 5.72. The number of hydrogen-bond donors (Lipinski definition) is 0. The number of nitrogens with zero attached hydrogens (tertiary/aromatic N) is 3. The molecule has 0 N–H and O–H groups in total. The van der Waals surface area contributed by atoms with E-state index in [4.69, 9.17) is 0 Å². The van der Waals surface area contributed by atoms with E-state index in [1.807, 2.05) is 23.1 Å². The van der Waals surface area contributed by atoms with Crippen LogP contribution in [-0.2, 0) is 0 Å². The topological polar surface area (TPSA) is 11.4 Å². The lowest BCUT2D eigenvalue weighted by Gasteiger charge is -2.32. The van der Waals surface area contributed by atoms with Gasteiger partial charge in [0.1, 0.15) is 0 Å². The van der Waals surface area contributed by atoms with E-state index >= 15 is 0 Å². The quantitative estimate of drug-likeness (QED) is 0.159. The molecule has 286 valence electrons. The first-order valence-electron chi connectivity index (χ1n) is 20.6. The molecule has 60 heavy (non-hydrogen) atoms. The standard InChI is InChI=1S/C55H39N3S2/c1-36-31-43(35-54-55(36)46-22-12-14-24-51(46)60-54)57(40-26-29-50-47(32-40)44-21-11-13-23-49(44)58(50)39-19-9-4-10-20-39)42-25-28-45-48-33-41(27-30-52(48)59-53(45)34-42)56(37-15-5-2-6-16-37)38-17-7-3-8-18-38/h2-36,55H,1H3. The SMILES string of the molecule is CC1C=C(N(c2ccc3c(c2)sc2ccc(N(c4ccccc4)c4ccccc4)cc23)c2ccc3c(c2)c2ccccc2n3-c2ccccc2)C=C2Sc3ccccc3C21. The molecule has 0 bridgehead atoms. The van der Waals surface area contributed by atoms with Gasteiger partial charge in [0.2, 0.25) is 0 Å². The second kappa shape index (κ2) is 14.2. The van der Waals surface area contributed by atoms with Gasteiger partial charge < -0.3 is 14.4 Å². The van der Waals surface area contributed by atoms with E-state index in [0.29, 0.717) is 11.8 Å². The van der Waals surface area contributed by atoms with E-state index in [2.05, 4.69) is 228 Å². The minimum atomic E-state index is 0.339. The molecule has 0 saturated carbocycles. The van der Waals surface area contributed by atoms with Gasteiger partial charge >= 0.3 is 0 Å². The Morgan fingerprint density at radius 1 is 0.467 bits per heavy atom. The van der Waals surface area contributed by atoms with E-state index in [1.165, 1.54) is 68.7 Å². The third-order valence-electron chi connectivity index (χ3n) is 12.2. The van der Waals surface area contributed by atoms with Crippen LogP contribution in [-0.4, -0.2) is 4.57 Å². The molecule has 1 aliphatic carbocycles. The van der Waals surface area contributed by atoms with Crippen molar-refractivity contribution in [2.45, 2.75) is 17.7 Å². The van der Waals surface area contributed by atoms with Crippen molar-refractivity contribution in [3.8, 4) is 5.69 Å². The summed E-state index contributed by atoms with van der Waals surface area (Å²) in [6.07, 6.45) is 4.95. The van der Waals surface area contributed by atoms with Crippen LogP contribution >= 0.6 is 23.1 Å². The molecule has 0 radical (unpaired) electrons. The minimum absolute atomic E-state index is 0.339. The van der Waals surface area contributed by atoms with Gasteiger partial charge in [0, 0.05) is 81.6 Å². The van der Waals surface area contributed by atoms with Crippen LogP contribution in [0.1, 0.15) is 18.4 Å². The van der Waals surface area contributed by atoms with Gasteiger partial charge in [-0.2, -0.15) is 0 Å². The Morgan fingerprint density at radius 2 is 1.08 bits per heavy atom. The Labute approximate surface area is 357 Å². The summed E-state index contributed by atoms with van der Waals surface area (Å²) in [5, 5.41) is 5.04. The Kier molecular flexibility index (Phi) is 8.32. The summed E-state index contributed by atoms with van der Waals surface area (Å²) in [4.78, 5) is 7.64. The maximum Gasteiger partial charge on any atom is 0.0542 e.